The lowest BCUT2D eigenvalue weighted by molar-refractivity contribution is 0.0593. The topological polar surface area (TPSA) is 44.8 Å². The number of esters is 1. The van der Waals surface area contributed by atoms with Crippen LogP contribution in [-0.4, -0.2) is 33.4 Å². The number of halogens is 1. The fourth-order valence-corrected chi connectivity index (χ4v) is 1.13. The summed E-state index contributed by atoms with van der Waals surface area (Å²) >= 11 is 0. The molecule has 5 heteroatoms. The minimum Gasteiger partial charge on any atom is -0.490 e. The summed E-state index contributed by atoms with van der Waals surface area (Å²) in [6.07, 6.45) is 0. The van der Waals surface area contributed by atoms with Crippen LogP contribution in [-0.2, 0) is 9.47 Å². The second-order valence-electron chi connectivity index (χ2n) is 2.97. The first-order valence-electron chi connectivity index (χ1n) is 4.68. The quantitative estimate of drug-likeness (QED) is 0.567. The monoisotopic (exact) mass is 228 g/mol. The first kappa shape index (κ1) is 12.4. The highest BCUT2D eigenvalue weighted by molar-refractivity contribution is 5.92. The fourth-order valence-electron chi connectivity index (χ4n) is 1.13. The Labute approximate surface area is 92.9 Å². The van der Waals surface area contributed by atoms with Crippen molar-refractivity contribution in [3.05, 3.63) is 29.6 Å². The van der Waals surface area contributed by atoms with Gasteiger partial charge in [0.2, 0.25) is 0 Å². The van der Waals surface area contributed by atoms with Crippen molar-refractivity contribution in [3.8, 4) is 5.75 Å². The molecule has 0 aliphatic rings. The van der Waals surface area contributed by atoms with Crippen molar-refractivity contribution >= 4 is 5.97 Å². The zero-order valence-electron chi connectivity index (χ0n) is 9.16. The van der Waals surface area contributed by atoms with E-state index in [1.807, 2.05) is 0 Å². The molecule has 0 saturated carbocycles. The Hall–Kier alpha value is -1.62. The second kappa shape index (κ2) is 6.07. The van der Waals surface area contributed by atoms with Gasteiger partial charge in [-0.15, -0.1) is 0 Å². The van der Waals surface area contributed by atoms with Gasteiger partial charge < -0.3 is 14.2 Å². The van der Waals surface area contributed by atoms with Crippen LogP contribution < -0.4 is 4.74 Å². The van der Waals surface area contributed by atoms with Gasteiger partial charge in [-0.25, -0.2) is 9.18 Å². The van der Waals surface area contributed by atoms with Crippen LogP contribution in [0.3, 0.4) is 0 Å². The lowest BCUT2D eigenvalue weighted by Crippen LogP contribution is -2.09. The van der Waals surface area contributed by atoms with E-state index in [1.165, 1.54) is 26.4 Å². The van der Waals surface area contributed by atoms with Crippen molar-refractivity contribution in [2.24, 2.45) is 0 Å². The van der Waals surface area contributed by atoms with E-state index in [0.717, 1.165) is 6.07 Å². The molecule has 1 aromatic carbocycles. The lowest BCUT2D eigenvalue weighted by Gasteiger charge is -2.09. The number of hydrogen-bond donors (Lipinski definition) is 0. The summed E-state index contributed by atoms with van der Waals surface area (Å²) in [6.45, 7) is 0.598. The lowest BCUT2D eigenvalue weighted by atomic mass is 10.2. The van der Waals surface area contributed by atoms with Crippen LogP contribution in [0.4, 0.5) is 4.39 Å². The second-order valence-corrected chi connectivity index (χ2v) is 2.97. The van der Waals surface area contributed by atoms with Gasteiger partial charge in [0, 0.05) is 13.2 Å². The average molecular weight is 228 g/mol. The third-order valence-corrected chi connectivity index (χ3v) is 1.89. The van der Waals surface area contributed by atoms with Crippen molar-refractivity contribution in [2.75, 3.05) is 27.4 Å². The number of benzene rings is 1. The molecule has 0 N–H and O–H groups in total. The Morgan fingerprint density at radius 1 is 1.31 bits per heavy atom. The van der Waals surface area contributed by atoms with Crippen LogP contribution in [0, 0.1) is 5.82 Å². The molecule has 0 atom stereocenters. The third kappa shape index (κ3) is 3.20. The van der Waals surface area contributed by atoms with Gasteiger partial charge in [-0.2, -0.15) is 0 Å². The van der Waals surface area contributed by atoms with E-state index in [0.29, 0.717) is 6.61 Å². The minimum atomic E-state index is -0.563. The molecule has 0 heterocycles. The molecule has 88 valence electrons. The summed E-state index contributed by atoms with van der Waals surface area (Å²) in [5.41, 5.74) is 0.194. The van der Waals surface area contributed by atoms with Gasteiger partial charge in [-0.3, -0.25) is 0 Å². The first-order chi connectivity index (χ1) is 7.69. The SMILES string of the molecule is COCCOc1cc(F)ccc1C(=O)OC. The molecule has 0 spiro atoms. The van der Waals surface area contributed by atoms with E-state index in [-0.39, 0.29) is 17.9 Å². The summed E-state index contributed by atoms with van der Waals surface area (Å²) in [4.78, 5) is 11.3. The summed E-state index contributed by atoms with van der Waals surface area (Å²) < 4.78 is 27.5. The number of methoxy groups -OCH3 is 2. The van der Waals surface area contributed by atoms with Crippen LogP contribution in [0.1, 0.15) is 10.4 Å². The number of carbonyl (C=O) groups is 1. The highest BCUT2D eigenvalue weighted by atomic mass is 19.1. The summed E-state index contributed by atoms with van der Waals surface area (Å²) in [5, 5.41) is 0. The summed E-state index contributed by atoms with van der Waals surface area (Å²) in [7, 11) is 2.78. The average Bonchev–Trinajstić information content (AvgIpc) is 2.29. The first-order valence-corrected chi connectivity index (χ1v) is 4.68. The van der Waals surface area contributed by atoms with Crippen molar-refractivity contribution < 1.29 is 23.4 Å². The summed E-state index contributed by atoms with van der Waals surface area (Å²) in [5.74, 6) is -0.878. The Bertz CT molecular complexity index is 365. The van der Waals surface area contributed by atoms with E-state index < -0.39 is 11.8 Å². The Balaban J connectivity index is 2.85. The highest BCUT2D eigenvalue weighted by Crippen LogP contribution is 2.20. The zero-order chi connectivity index (χ0) is 12.0. The van der Waals surface area contributed by atoms with Gasteiger partial charge in [0.05, 0.1) is 13.7 Å². The van der Waals surface area contributed by atoms with Crippen molar-refractivity contribution in [1.82, 2.24) is 0 Å². The molecule has 4 nitrogen and oxygen atoms in total. The van der Waals surface area contributed by atoms with Crippen molar-refractivity contribution in [1.29, 1.82) is 0 Å². The maximum atomic E-state index is 13.0. The smallest absolute Gasteiger partial charge is 0.341 e. The maximum absolute atomic E-state index is 13.0. The molecule has 0 radical (unpaired) electrons. The van der Waals surface area contributed by atoms with Crippen LogP contribution in [0.25, 0.3) is 0 Å². The predicted octanol–water partition coefficient (Wildman–Crippen LogP) is 1.64. The van der Waals surface area contributed by atoms with Crippen LogP contribution >= 0.6 is 0 Å². The molecular weight excluding hydrogens is 215 g/mol. The largest absolute Gasteiger partial charge is 0.490 e. The number of ether oxygens (including phenoxy) is 3. The molecule has 1 aromatic rings. The molecule has 0 bridgehead atoms. The highest BCUT2D eigenvalue weighted by Gasteiger charge is 2.13. The van der Waals surface area contributed by atoms with Gasteiger partial charge >= 0.3 is 5.97 Å². The molecule has 0 aliphatic carbocycles. The molecule has 0 amide bonds. The molecule has 0 saturated heterocycles. The van der Waals surface area contributed by atoms with Gasteiger partial charge in [0.15, 0.2) is 0 Å². The molecule has 16 heavy (non-hydrogen) atoms. The standard InChI is InChI=1S/C11H13FO4/c1-14-5-6-16-10-7-8(12)3-4-9(10)11(13)15-2/h3-4,7H,5-6H2,1-2H3. The number of rotatable bonds is 5. The van der Waals surface area contributed by atoms with E-state index in [1.54, 1.807) is 0 Å². The Kier molecular flexibility index (Phi) is 4.72. The van der Waals surface area contributed by atoms with E-state index in [9.17, 15) is 9.18 Å². The molecular formula is C11H13FO4. The number of carbonyl (C=O) groups excluding carboxylic acids is 1. The van der Waals surface area contributed by atoms with E-state index >= 15 is 0 Å². The van der Waals surface area contributed by atoms with Gasteiger partial charge in [0.25, 0.3) is 0 Å². The third-order valence-electron chi connectivity index (χ3n) is 1.89. The normalized spacial score (nSPS) is 9.94. The summed E-state index contributed by atoms with van der Waals surface area (Å²) in [6, 6.07) is 3.64. The Morgan fingerprint density at radius 2 is 2.06 bits per heavy atom. The van der Waals surface area contributed by atoms with Crippen LogP contribution in [0.5, 0.6) is 5.75 Å². The molecule has 0 unspecified atom stereocenters. The van der Waals surface area contributed by atoms with Crippen molar-refractivity contribution in [3.63, 3.8) is 0 Å². The maximum Gasteiger partial charge on any atom is 0.341 e. The minimum absolute atomic E-state index is 0.156. The molecule has 1 rings (SSSR count). The van der Waals surface area contributed by atoms with Gasteiger partial charge in [-0.1, -0.05) is 0 Å². The zero-order valence-corrected chi connectivity index (χ0v) is 9.16. The van der Waals surface area contributed by atoms with E-state index in [2.05, 4.69) is 4.74 Å². The molecule has 0 aliphatic heterocycles. The fraction of sp³-hybridized carbons (Fsp3) is 0.364. The van der Waals surface area contributed by atoms with E-state index in [4.69, 9.17) is 9.47 Å². The molecule has 0 fully saturated rings. The molecule has 0 aromatic heterocycles. The number of hydrogen-bond acceptors (Lipinski definition) is 4. The predicted molar refractivity (Wildman–Crippen MR) is 55.1 cm³/mol. The van der Waals surface area contributed by atoms with Gasteiger partial charge in [-0.05, 0) is 12.1 Å². The van der Waals surface area contributed by atoms with Crippen LogP contribution in [0.15, 0.2) is 18.2 Å². The van der Waals surface area contributed by atoms with Crippen LogP contribution in [0.2, 0.25) is 0 Å². The van der Waals surface area contributed by atoms with Gasteiger partial charge in [0.1, 0.15) is 23.7 Å². The Morgan fingerprint density at radius 3 is 2.69 bits per heavy atom. The van der Waals surface area contributed by atoms with Crippen molar-refractivity contribution in [2.45, 2.75) is 0 Å².